The third-order valence-corrected chi connectivity index (χ3v) is 2.16. The van der Waals surface area contributed by atoms with Gasteiger partial charge < -0.3 is 10.4 Å². The van der Waals surface area contributed by atoms with Gasteiger partial charge in [0.2, 0.25) is 0 Å². The van der Waals surface area contributed by atoms with Gasteiger partial charge in [0, 0.05) is 16.7 Å². The Balaban J connectivity index is 2.95. The van der Waals surface area contributed by atoms with E-state index in [4.69, 9.17) is 5.11 Å². The van der Waals surface area contributed by atoms with E-state index in [-0.39, 0.29) is 5.56 Å². The summed E-state index contributed by atoms with van der Waals surface area (Å²) in [5.74, 6) is -0.929. The average Bonchev–Trinajstić information content (AvgIpc) is 2.15. The summed E-state index contributed by atoms with van der Waals surface area (Å²) in [6.07, 6.45) is 0. The second-order valence-electron chi connectivity index (χ2n) is 3.23. The van der Waals surface area contributed by atoms with Crippen LogP contribution in [0.3, 0.4) is 0 Å². The lowest BCUT2D eigenvalue weighted by Crippen LogP contribution is -2.07. The van der Waals surface area contributed by atoms with Gasteiger partial charge in [-0.15, -0.1) is 0 Å². The Kier molecular flexibility index (Phi) is 3.91. The predicted octanol–water partition coefficient (Wildman–Crippen LogP) is 3.01. The van der Waals surface area contributed by atoms with Gasteiger partial charge in [0.25, 0.3) is 0 Å². The minimum Gasteiger partial charge on any atom is -0.478 e. The number of hydrogen-bond donors (Lipinski definition) is 2. The molecule has 1 rings (SSSR count). The molecule has 3 nitrogen and oxygen atoms in total. The normalized spacial score (nSPS) is 9.73. The highest BCUT2D eigenvalue weighted by Gasteiger charge is 2.09. The summed E-state index contributed by atoms with van der Waals surface area (Å²) in [4.78, 5) is 10.9. The summed E-state index contributed by atoms with van der Waals surface area (Å²) < 4.78 is 0.777. The smallest absolute Gasteiger partial charge is 0.337 e. The van der Waals surface area contributed by atoms with Gasteiger partial charge in [-0.25, -0.2) is 4.79 Å². The molecular weight excluding hydrogens is 258 g/mol. The van der Waals surface area contributed by atoms with Gasteiger partial charge in [-0.05, 0) is 19.1 Å². The van der Waals surface area contributed by atoms with Crippen molar-refractivity contribution in [2.24, 2.45) is 0 Å². The van der Waals surface area contributed by atoms with E-state index in [1.165, 1.54) is 0 Å². The maximum atomic E-state index is 10.9. The number of carbonyl (C=O) groups is 1. The molecule has 0 heterocycles. The summed E-state index contributed by atoms with van der Waals surface area (Å²) in [5.41, 5.74) is 1.81. The molecule has 0 saturated carbocycles. The lowest BCUT2D eigenvalue weighted by molar-refractivity contribution is 0.0698. The van der Waals surface area contributed by atoms with Gasteiger partial charge in [0.15, 0.2) is 0 Å². The first-order chi connectivity index (χ1) is 7.00. The maximum absolute atomic E-state index is 10.9. The number of nitrogens with one attached hydrogen (secondary N) is 1. The van der Waals surface area contributed by atoms with Gasteiger partial charge in [0.1, 0.15) is 0 Å². The van der Waals surface area contributed by atoms with Crippen LogP contribution in [0.25, 0.3) is 0 Å². The molecule has 0 unspecified atom stereocenters. The van der Waals surface area contributed by atoms with Crippen LogP contribution in [-0.2, 0) is 0 Å². The summed E-state index contributed by atoms with van der Waals surface area (Å²) in [6, 6.07) is 5.27. The first-order valence-corrected chi connectivity index (χ1v) is 5.21. The molecule has 0 aliphatic carbocycles. The number of halogens is 1. The average molecular weight is 270 g/mol. The first-order valence-electron chi connectivity index (χ1n) is 4.42. The molecule has 15 heavy (non-hydrogen) atoms. The molecule has 0 amide bonds. The Morgan fingerprint density at radius 3 is 2.80 bits per heavy atom. The lowest BCUT2D eigenvalue weighted by Gasteiger charge is -2.09. The van der Waals surface area contributed by atoms with Crippen LogP contribution < -0.4 is 5.32 Å². The molecule has 0 aliphatic rings. The minimum absolute atomic E-state index is 0.281. The van der Waals surface area contributed by atoms with Crippen molar-refractivity contribution in [1.82, 2.24) is 0 Å². The minimum atomic E-state index is -0.929. The highest BCUT2D eigenvalue weighted by atomic mass is 79.9. The molecular formula is C11H12BrNO2. The van der Waals surface area contributed by atoms with Crippen molar-refractivity contribution in [3.8, 4) is 0 Å². The van der Waals surface area contributed by atoms with E-state index in [0.29, 0.717) is 12.2 Å². The van der Waals surface area contributed by atoms with Gasteiger partial charge in [-0.2, -0.15) is 0 Å². The predicted molar refractivity (Wildman–Crippen MR) is 64.7 cm³/mol. The van der Waals surface area contributed by atoms with Crippen LogP contribution in [0.15, 0.2) is 29.3 Å². The second-order valence-corrected chi connectivity index (χ2v) is 4.35. The van der Waals surface area contributed by atoms with Crippen LogP contribution >= 0.6 is 15.9 Å². The van der Waals surface area contributed by atoms with Crippen LogP contribution in [0.5, 0.6) is 0 Å². The molecule has 0 aromatic heterocycles. The Morgan fingerprint density at radius 2 is 2.27 bits per heavy atom. The van der Waals surface area contributed by atoms with Crippen LogP contribution in [0.4, 0.5) is 5.69 Å². The number of benzene rings is 1. The quantitative estimate of drug-likeness (QED) is 0.884. The van der Waals surface area contributed by atoms with E-state index in [9.17, 15) is 4.79 Å². The van der Waals surface area contributed by atoms with E-state index in [2.05, 4.69) is 27.8 Å². The Labute approximate surface area is 96.9 Å². The number of rotatable bonds is 4. The van der Waals surface area contributed by atoms with Crippen molar-refractivity contribution >= 4 is 27.6 Å². The molecule has 0 spiro atoms. The van der Waals surface area contributed by atoms with E-state index in [1.807, 2.05) is 13.0 Å². The van der Waals surface area contributed by atoms with Gasteiger partial charge in [-0.3, -0.25) is 0 Å². The largest absolute Gasteiger partial charge is 0.478 e. The Hall–Kier alpha value is -1.29. The first kappa shape index (κ1) is 11.8. The van der Waals surface area contributed by atoms with Gasteiger partial charge >= 0.3 is 5.97 Å². The number of anilines is 1. The lowest BCUT2D eigenvalue weighted by atomic mass is 10.1. The van der Waals surface area contributed by atoms with Gasteiger partial charge in [0.05, 0.1) is 5.56 Å². The summed E-state index contributed by atoms with van der Waals surface area (Å²) in [5, 5.41) is 12.0. The Morgan fingerprint density at radius 1 is 1.60 bits per heavy atom. The summed E-state index contributed by atoms with van der Waals surface area (Å²) >= 11 is 3.20. The third-order valence-electron chi connectivity index (χ3n) is 1.88. The molecule has 0 bridgehead atoms. The van der Waals surface area contributed by atoms with E-state index in [0.717, 1.165) is 10.0 Å². The number of carboxylic acids is 1. The molecule has 0 saturated heterocycles. The maximum Gasteiger partial charge on any atom is 0.337 e. The number of carboxylic acid groups (broad SMARTS) is 1. The third kappa shape index (κ3) is 3.40. The van der Waals surface area contributed by atoms with Crippen molar-refractivity contribution in [3.63, 3.8) is 0 Å². The van der Waals surface area contributed by atoms with Crippen LogP contribution in [0.1, 0.15) is 15.9 Å². The number of aryl methyl sites for hydroxylation is 1. The Bertz CT molecular complexity index is 402. The molecule has 4 heteroatoms. The molecule has 0 aliphatic heterocycles. The summed E-state index contributed by atoms with van der Waals surface area (Å²) in [6.45, 7) is 6.03. The number of aromatic carboxylic acids is 1. The molecule has 0 fully saturated rings. The standard InChI is InChI=1S/C11H12BrNO2/c1-7-3-4-10(13-6-8(2)12)9(5-7)11(14)15/h3-5,13H,2,6H2,1H3,(H,14,15). The topological polar surface area (TPSA) is 49.3 Å². The summed E-state index contributed by atoms with van der Waals surface area (Å²) in [7, 11) is 0. The van der Waals surface area contributed by atoms with Gasteiger partial charge in [-0.1, -0.05) is 34.1 Å². The molecule has 0 atom stereocenters. The van der Waals surface area contributed by atoms with E-state index >= 15 is 0 Å². The second kappa shape index (κ2) is 4.98. The zero-order valence-corrected chi connectivity index (χ0v) is 9.97. The van der Waals surface area contributed by atoms with Crippen molar-refractivity contribution in [2.45, 2.75) is 6.92 Å². The molecule has 1 aromatic carbocycles. The molecule has 80 valence electrons. The fraction of sp³-hybridized carbons (Fsp3) is 0.182. The zero-order valence-electron chi connectivity index (χ0n) is 8.38. The molecule has 2 N–H and O–H groups in total. The van der Waals surface area contributed by atoms with Crippen LogP contribution in [0, 0.1) is 6.92 Å². The highest BCUT2D eigenvalue weighted by Crippen LogP contribution is 2.18. The van der Waals surface area contributed by atoms with E-state index < -0.39 is 5.97 Å². The monoisotopic (exact) mass is 269 g/mol. The number of hydrogen-bond acceptors (Lipinski definition) is 2. The zero-order chi connectivity index (χ0) is 11.4. The molecule has 0 radical (unpaired) electrons. The van der Waals surface area contributed by atoms with E-state index in [1.54, 1.807) is 12.1 Å². The van der Waals surface area contributed by atoms with Crippen molar-refractivity contribution < 1.29 is 9.90 Å². The van der Waals surface area contributed by atoms with Crippen LogP contribution in [-0.4, -0.2) is 17.6 Å². The van der Waals surface area contributed by atoms with Crippen LogP contribution in [0.2, 0.25) is 0 Å². The fourth-order valence-corrected chi connectivity index (χ4v) is 1.32. The SMILES string of the molecule is C=C(Br)CNc1ccc(C)cc1C(=O)O. The van der Waals surface area contributed by atoms with Crippen molar-refractivity contribution in [1.29, 1.82) is 0 Å². The fourth-order valence-electron chi connectivity index (χ4n) is 1.18. The molecule has 1 aromatic rings. The highest BCUT2D eigenvalue weighted by molar-refractivity contribution is 9.11. The van der Waals surface area contributed by atoms with Crippen molar-refractivity contribution in [2.75, 3.05) is 11.9 Å². The van der Waals surface area contributed by atoms with Crippen molar-refractivity contribution in [3.05, 3.63) is 40.4 Å².